The highest BCUT2D eigenvalue weighted by Gasteiger charge is 2.14. The molecule has 0 bridgehead atoms. The number of carbonyl (C=O) groups excluding carboxylic acids is 1. The van der Waals surface area contributed by atoms with E-state index in [1.165, 1.54) is 17.1 Å². The third-order valence-electron chi connectivity index (χ3n) is 3.30. The lowest BCUT2D eigenvalue weighted by Crippen LogP contribution is -2.27. The van der Waals surface area contributed by atoms with E-state index in [1.807, 2.05) is 0 Å². The van der Waals surface area contributed by atoms with Crippen molar-refractivity contribution in [1.82, 2.24) is 19.1 Å². The van der Waals surface area contributed by atoms with Crippen molar-refractivity contribution in [1.29, 1.82) is 0 Å². The van der Waals surface area contributed by atoms with E-state index in [2.05, 4.69) is 21.9 Å². The first-order chi connectivity index (χ1) is 12.0. The number of pyridine rings is 1. The molecule has 3 aromatic heterocycles. The fourth-order valence-electron chi connectivity index (χ4n) is 2.20. The van der Waals surface area contributed by atoms with Crippen LogP contribution in [0.25, 0.3) is 10.3 Å². The van der Waals surface area contributed by atoms with Gasteiger partial charge in [-0.25, -0.2) is 9.97 Å². The van der Waals surface area contributed by atoms with Gasteiger partial charge >= 0.3 is 0 Å². The number of carbonyl (C=O) groups is 1. The predicted molar refractivity (Wildman–Crippen MR) is 101 cm³/mol. The van der Waals surface area contributed by atoms with E-state index in [0.29, 0.717) is 26.5 Å². The van der Waals surface area contributed by atoms with Crippen LogP contribution in [-0.2, 0) is 17.9 Å². The second-order valence-corrected chi connectivity index (χ2v) is 6.99. The number of amides is 1. The molecule has 7 nitrogen and oxygen atoms in total. The fourth-order valence-corrected chi connectivity index (χ4v) is 3.68. The third kappa shape index (κ3) is 3.53. The summed E-state index contributed by atoms with van der Waals surface area (Å²) in [6.45, 7) is 3.94. The van der Waals surface area contributed by atoms with Crippen molar-refractivity contribution < 1.29 is 4.79 Å². The third-order valence-corrected chi connectivity index (χ3v) is 5.03. The second kappa shape index (κ2) is 7.26. The van der Waals surface area contributed by atoms with E-state index in [0.717, 1.165) is 11.3 Å². The van der Waals surface area contributed by atoms with Crippen molar-refractivity contribution in [2.75, 3.05) is 5.32 Å². The van der Waals surface area contributed by atoms with E-state index in [9.17, 15) is 9.59 Å². The van der Waals surface area contributed by atoms with Crippen molar-refractivity contribution in [2.45, 2.75) is 13.1 Å². The number of aromatic nitrogens is 4. The Balaban J connectivity index is 1.89. The lowest BCUT2D eigenvalue weighted by atomic mass is 10.4. The van der Waals surface area contributed by atoms with Gasteiger partial charge in [0.1, 0.15) is 17.6 Å². The molecule has 10 heteroatoms. The van der Waals surface area contributed by atoms with Crippen LogP contribution < -0.4 is 10.9 Å². The SMILES string of the molecule is C=CCn1c(=S)sc2c(=O)n(CC(=O)Nc3cccnc3Cl)cnc21. The molecule has 0 saturated heterocycles. The minimum absolute atomic E-state index is 0.177. The van der Waals surface area contributed by atoms with Crippen LogP contribution in [0.4, 0.5) is 5.69 Å². The quantitative estimate of drug-likeness (QED) is 0.409. The summed E-state index contributed by atoms with van der Waals surface area (Å²) in [7, 11) is 0. The van der Waals surface area contributed by atoms with Gasteiger partial charge in [0, 0.05) is 12.7 Å². The van der Waals surface area contributed by atoms with Gasteiger partial charge in [0.05, 0.1) is 5.69 Å². The van der Waals surface area contributed by atoms with Gasteiger partial charge in [-0.05, 0) is 24.4 Å². The first kappa shape index (κ1) is 17.5. The van der Waals surface area contributed by atoms with Crippen molar-refractivity contribution in [3.05, 3.63) is 56.8 Å². The molecule has 0 fully saturated rings. The molecule has 0 spiro atoms. The summed E-state index contributed by atoms with van der Waals surface area (Å²) in [5.41, 5.74) is 0.548. The van der Waals surface area contributed by atoms with Crippen molar-refractivity contribution >= 4 is 57.1 Å². The zero-order valence-corrected chi connectivity index (χ0v) is 15.2. The molecule has 0 unspecified atom stereocenters. The highest BCUT2D eigenvalue weighted by Crippen LogP contribution is 2.19. The Bertz CT molecular complexity index is 1090. The number of rotatable bonds is 5. The highest BCUT2D eigenvalue weighted by molar-refractivity contribution is 7.73. The summed E-state index contributed by atoms with van der Waals surface area (Å²) in [6.07, 6.45) is 4.53. The monoisotopic (exact) mass is 393 g/mol. The van der Waals surface area contributed by atoms with Crippen LogP contribution >= 0.6 is 35.2 Å². The number of hydrogen-bond acceptors (Lipinski definition) is 6. The number of thiazole rings is 1. The summed E-state index contributed by atoms with van der Waals surface area (Å²) < 4.78 is 3.89. The van der Waals surface area contributed by atoms with Crippen LogP contribution in [0.3, 0.4) is 0 Å². The Labute approximate surface area is 156 Å². The Kier molecular flexibility index (Phi) is 5.07. The molecule has 0 aliphatic rings. The normalized spacial score (nSPS) is 10.8. The van der Waals surface area contributed by atoms with Crippen LogP contribution in [0.2, 0.25) is 5.15 Å². The number of nitrogens with one attached hydrogen (secondary N) is 1. The maximum Gasteiger partial charge on any atom is 0.273 e. The Hall–Kier alpha value is -2.36. The van der Waals surface area contributed by atoms with Gasteiger partial charge in [-0.1, -0.05) is 29.0 Å². The summed E-state index contributed by atoms with van der Waals surface area (Å²) in [5, 5.41) is 2.79. The van der Waals surface area contributed by atoms with E-state index < -0.39 is 5.91 Å². The second-order valence-electron chi connectivity index (χ2n) is 4.99. The fraction of sp³-hybridized carbons (Fsp3) is 0.133. The van der Waals surface area contributed by atoms with Crippen molar-refractivity contribution in [3.8, 4) is 0 Å². The lowest BCUT2D eigenvalue weighted by Gasteiger charge is -2.08. The topological polar surface area (TPSA) is 81.8 Å². The van der Waals surface area contributed by atoms with Crippen molar-refractivity contribution in [3.63, 3.8) is 0 Å². The average molecular weight is 394 g/mol. The summed E-state index contributed by atoms with van der Waals surface area (Å²) in [4.78, 5) is 32.9. The molecule has 3 rings (SSSR count). The average Bonchev–Trinajstić information content (AvgIpc) is 2.90. The van der Waals surface area contributed by atoms with Gasteiger partial charge in [0.25, 0.3) is 5.56 Å². The van der Waals surface area contributed by atoms with Crippen LogP contribution in [0.15, 0.2) is 42.1 Å². The summed E-state index contributed by atoms with van der Waals surface area (Å²) >= 11 is 12.3. The Morgan fingerprint density at radius 3 is 3.00 bits per heavy atom. The van der Waals surface area contributed by atoms with Crippen LogP contribution in [-0.4, -0.2) is 25.0 Å². The minimum Gasteiger partial charge on any atom is -0.322 e. The Morgan fingerprint density at radius 1 is 1.48 bits per heavy atom. The van der Waals surface area contributed by atoms with E-state index in [-0.39, 0.29) is 17.3 Å². The number of nitrogens with zero attached hydrogens (tertiary/aromatic N) is 4. The summed E-state index contributed by atoms with van der Waals surface area (Å²) in [5.74, 6) is -0.410. The van der Waals surface area contributed by atoms with Gasteiger partial charge in [-0.3, -0.25) is 14.2 Å². The van der Waals surface area contributed by atoms with Gasteiger partial charge in [-0.2, -0.15) is 0 Å². The number of hydrogen-bond donors (Lipinski definition) is 1. The molecule has 25 heavy (non-hydrogen) atoms. The maximum absolute atomic E-state index is 12.6. The maximum atomic E-state index is 12.6. The smallest absolute Gasteiger partial charge is 0.273 e. The van der Waals surface area contributed by atoms with Gasteiger partial charge in [0.15, 0.2) is 14.8 Å². The molecule has 0 saturated carbocycles. The molecule has 1 amide bonds. The molecule has 0 atom stereocenters. The van der Waals surface area contributed by atoms with Crippen LogP contribution in [0.1, 0.15) is 0 Å². The number of fused-ring (bicyclic) bond motifs is 1. The summed E-state index contributed by atoms with van der Waals surface area (Å²) in [6, 6.07) is 3.27. The molecular weight excluding hydrogens is 382 g/mol. The van der Waals surface area contributed by atoms with Gasteiger partial charge < -0.3 is 9.88 Å². The van der Waals surface area contributed by atoms with Crippen LogP contribution in [0.5, 0.6) is 0 Å². The Morgan fingerprint density at radius 2 is 2.28 bits per heavy atom. The van der Waals surface area contributed by atoms with Crippen LogP contribution in [0, 0.1) is 3.95 Å². The molecule has 128 valence electrons. The number of halogens is 1. The van der Waals surface area contributed by atoms with Crippen molar-refractivity contribution in [2.24, 2.45) is 0 Å². The molecular formula is C15H12ClN5O2S2. The molecule has 3 heterocycles. The number of allylic oxidation sites excluding steroid dienone is 1. The minimum atomic E-state index is -0.410. The van der Waals surface area contributed by atoms with E-state index in [4.69, 9.17) is 23.8 Å². The first-order valence-corrected chi connectivity index (χ1v) is 8.71. The number of anilines is 1. The predicted octanol–water partition coefficient (Wildman–Crippen LogP) is 2.86. The molecule has 1 N–H and O–H groups in total. The van der Waals surface area contributed by atoms with E-state index >= 15 is 0 Å². The van der Waals surface area contributed by atoms with Gasteiger partial charge in [-0.15, -0.1) is 6.58 Å². The molecule has 0 aliphatic carbocycles. The standard InChI is InChI=1S/C15H12ClN5O2S2/c1-2-6-21-13-11(25-15(21)24)14(23)20(8-18-13)7-10(22)19-9-4-3-5-17-12(9)16/h2-5,8H,1,6-7H2,(H,19,22). The molecule has 0 radical (unpaired) electrons. The molecule has 0 aromatic carbocycles. The zero-order chi connectivity index (χ0) is 18.0. The zero-order valence-electron chi connectivity index (χ0n) is 12.8. The first-order valence-electron chi connectivity index (χ1n) is 7.11. The lowest BCUT2D eigenvalue weighted by molar-refractivity contribution is -0.116. The van der Waals surface area contributed by atoms with E-state index in [1.54, 1.807) is 22.8 Å². The molecule has 0 aliphatic heterocycles. The molecule has 3 aromatic rings. The largest absolute Gasteiger partial charge is 0.322 e. The van der Waals surface area contributed by atoms with Gasteiger partial charge in [0.2, 0.25) is 5.91 Å². The highest BCUT2D eigenvalue weighted by atomic mass is 35.5.